The maximum absolute atomic E-state index is 12.7. The molecule has 1 atom stereocenters. The normalized spacial score (nSPS) is 16.2. The molecular formula is C21H20N4O2. The fourth-order valence-corrected chi connectivity index (χ4v) is 3.19. The van der Waals surface area contributed by atoms with Crippen molar-refractivity contribution in [3.63, 3.8) is 0 Å². The van der Waals surface area contributed by atoms with Crippen LogP contribution in [0.2, 0.25) is 0 Å². The van der Waals surface area contributed by atoms with Crippen LogP contribution in [0.15, 0.2) is 60.8 Å². The lowest BCUT2D eigenvalue weighted by molar-refractivity contribution is -0.122. The van der Waals surface area contributed by atoms with Gasteiger partial charge in [-0.25, -0.2) is 4.68 Å². The Kier molecular flexibility index (Phi) is 4.46. The van der Waals surface area contributed by atoms with Gasteiger partial charge in [-0.3, -0.25) is 9.59 Å². The van der Waals surface area contributed by atoms with Gasteiger partial charge in [-0.05, 0) is 31.0 Å². The van der Waals surface area contributed by atoms with Crippen LogP contribution in [0.3, 0.4) is 0 Å². The molecule has 2 N–H and O–H groups in total. The van der Waals surface area contributed by atoms with E-state index in [4.69, 9.17) is 0 Å². The van der Waals surface area contributed by atoms with Crippen molar-refractivity contribution < 1.29 is 9.59 Å². The topological polar surface area (TPSA) is 76.0 Å². The third-order valence-electron chi connectivity index (χ3n) is 4.69. The van der Waals surface area contributed by atoms with Crippen molar-refractivity contribution in [2.24, 2.45) is 0 Å². The van der Waals surface area contributed by atoms with Crippen molar-refractivity contribution in [2.75, 3.05) is 5.32 Å². The molecule has 2 aromatic carbocycles. The first-order chi connectivity index (χ1) is 13.1. The first kappa shape index (κ1) is 17.0. The van der Waals surface area contributed by atoms with Crippen molar-refractivity contribution in [1.29, 1.82) is 0 Å². The minimum atomic E-state index is -0.512. The smallest absolute Gasteiger partial charge is 0.248 e. The molecule has 4 rings (SSSR count). The molecule has 0 radical (unpaired) electrons. The summed E-state index contributed by atoms with van der Waals surface area (Å²) < 4.78 is 1.72. The number of aromatic nitrogens is 2. The highest BCUT2D eigenvalue weighted by Gasteiger charge is 2.28. The molecule has 6 heteroatoms. The van der Waals surface area contributed by atoms with Gasteiger partial charge in [-0.1, -0.05) is 48.0 Å². The summed E-state index contributed by atoms with van der Waals surface area (Å²) in [7, 11) is 0. The Hall–Kier alpha value is -3.41. The number of aryl methyl sites for hydroxylation is 1. The van der Waals surface area contributed by atoms with E-state index < -0.39 is 6.04 Å². The maximum atomic E-state index is 12.7. The summed E-state index contributed by atoms with van der Waals surface area (Å²) in [6.45, 7) is 2.02. The van der Waals surface area contributed by atoms with Crippen molar-refractivity contribution in [3.8, 4) is 16.8 Å². The molecule has 2 amide bonds. The van der Waals surface area contributed by atoms with E-state index in [-0.39, 0.29) is 11.8 Å². The fraction of sp³-hybridized carbons (Fsp3) is 0.190. The molecule has 1 saturated heterocycles. The van der Waals surface area contributed by atoms with Crippen molar-refractivity contribution >= 4 is 17.6 Å². The van der Waals surface area contributed by atoms with Gasteiger partial charge in [0.1, 0.15) is 11.9 Å². The Balaban J connectivity index is 1.74. The van der Waals surface area contributed by atoms with Crippen LogP contribution >= 0.6 is 0 Å². The Morgan fingerprint density at radius 2 is 1.89 bits per heavy atom. The summed E-state index contributed by atoms with van der Waals surface area (Å²) >= 11 is 0. The van der Waals surface area contributed by atoms with E-state index in [1.165, 1.54) is 0 Å². The molecule has 0 bridgehead atoms. The molecule has 2 heterocycles. The fourth-order valence-electron chi connectivity index (χ4n) is 3.19. The zero-order valence-corrected chi connectivity index (χ0v) is 15.0. The largest absolute Gasteiger partial charge is 0.344 e. The predicted octanol–water partition coefficient (Wildman–Crippen LogP) is 3.06. The number of rotatable bonds is 4. The molecule has 1 unspecified atom stereocenters. The molecule has 136 valence electrons. The number of carbonyl (C=O) groups is 2. The van der Waals surface area contributed by atoms with Crippen LogP contribution in [0.4, 0.5) is 5.82 Å². The summed E-state index contributed by atoms with van der Waals surface area (Å²) in [5.41, 5.74) is 3.79. The van der Waals surface area contributed by atoms with E-state index in [2.05, 4.69) is 15.7 Å². The Labute approximate surface area is 157 Å². The average molecular weight is 360 g/mol. The third-order valence-corrected chi connectivity index (χ3v) is 4.69. The van der Waals surface area contributed by atoms with Gasteiger partial charge in [0.15, 0.2) is 0 Å². The highest BCUT2D eigenvalue weighted by Crippen LogP contribution is 2.30. The predicted molar refractivity (Wildman–Crippen MR) is 104 cm³/mol. The summed E-state index contributed by atoms with van der Waals surface area (Å²) in [4.78, 5) is 24.2. The van der Waals surface area contributed by atoms with Crippen molar-refractivity contribution in [3.05, 3.63) is 66.4 Å². The molecule has 0 saturated carbocycles. The highest BCUT2D eigenvalue weighted by atomic mass is 16.2. The Bertz CT molecular complexity index is 977. The average Bonchev–Trinajstić information content (AvgIpc) is 3.30. The van der Waals surface area contributed by atoms with Crippen LogP contribution in [0.25, 0.3) is 16.8 Å². The number of anilines is 1. The second kappa shape index (κ2) is 7.07. The molecular weight excluding hydrogens is 340 g/mol. The number of carbonyl (C=O) groups excluding carboxylic acids is 2. The second-order valence-electron chi connectivity index (χ2n) is 6.67. The van der Waals surface area contributed by atoms with Crippen LogP contribution < -0.4 is 10.6 Å². The summed E-state index contributed by atoms with van der Waals surface area (Å²) in [6.07, 6.45) is 2.63. The Morgan fingerprint density at radius 1 is 1.15 bits per heavy atom. The summed E-state index contributed by atoms with van der Waals surface area (Å²) in [6, 6.07) is 17.2. The monoisotopic (exact) mass is 360 g/mol. The molecule has 1 aromatic heterocycles. The minimum Gasteiger partial charge on any atom is -0.344 e. The maximum Gasteiger partial charge on any atom is 0.248 e. The van der Waals surface area contributed by atoms with Crippen molar-refractivity contribution in [1.82, 2.24) is 15.1 Å². The summed E-state index contributed by atoms with van der Waals surface area (Å²) in [5, 5.41) is 10.2. The molecule has 1 fully saturated rings. The van der Waals surface area contributed by atoms with E-state index in [1.54, 1.807) is 10.9 Å². The molecule has 0 aliphatic carbocycles. The number of benzene rings is 2. The number of nitrogens with zero attached hydrogens (tertiary/aromatic N) is 2. The van der Waals surface area contributed by atoms with Crippen LogP contribution in [-0.2, 0) is 9.59 Å². The van der Waals surface area contributed by atoms with Gasteiger partial charge in [0, 0.05) is 12.0 Å². The molecule has 6 nitrogen and oxygen atoms in total. The second-order valence-corrected chi connectivity index (χ2v) is 6.67. The third kappa shape index (κ3) is 3.46. The van der Waals surface area contributed by atoms with E-state index in [9.17, 15) is 9.59 Å². The lowest BCUT2D eigenvalue weighted by Gasteiger charge is -2.15. The minimum absolute atomic E-state index is 0.0922. The van der Waals surface area contributed by atoms with E-state index in [1.807, 2.05) is 61.5 Å². The number of amides is 2. The van der Waals surface area contributed by atoms with E-state index in [0.717, 1.165) is 22.4 Å². The molecule has 1 aliphatic heterocycles. The van der Waals surface area contributed by atoms with Crippen LogP contribution in [-0.4, -0.2) is 27.6 Å². The van der Waals surface area contributed by atoms with Crippen molar-refractivity contribution in [2.45, 2.75) is 25.8 Å². The Morgan fingerprint density at radius 3 is 2.56 bits per heavy atom. The van der Waals surface area contributed by atoms with E-state index >= 15 is 0 Å². The van der Waals surface area contributed by atoms with Gasteiger partial charge in [0.2, 0.25) is 11.8 Å². The van der Waals surface area contributed by atoms with Gasteiger partial charge >= 0.3 is 0 Å². The van der Waals surface area contributed by atoms with Crippen LogP contribution in [0.1, 0.15) is 18.4 Å². The van der Waals surface area contributed by atoms with Gasteiger partial charge in [0.25, 0.3) is 0 Å². The lowest BCUT2D eigenvalue weighted by atomic mass is 10.1. The zero-order chi connectivity index (χ0) is 18.8. The molecule has 27 heavy (non-hydrogen) atoms. The number of hydrogen-bond donors (Lipinski definition) is 2. The number of nitrogens with one attached hydrogen (secondary N) is 2. The van der Waals surface area contributed by atoms with Crippen LogP contribution in [0, 0.1) is 6.92 Å². The SMILES string of the molecule is Cc1ccc(-n2ncc(-c3ccccc3)c2NC(=O)C2CCC(=O)N2)cc1. The first-order valence-electron chi connectivity index (χ1n) is 8.92. The molecule has 1 aliphatic rings. The standard InChI is InChI=1S/C21H20N4O2/c1-14-7-9-16(10-8-14)25-20(24-21(27)18-11-12-19(26)23-18)17(13-22-25)15-5-3-2-4-6-15/h2-10,13,18H,11-12H2,1H3,(H,23,26)(H,24,27). The van der Waals surface area contributed by atoms with Gasteiger partial charge in [-0.2, -0.15) is 5.10 Å². The lowest BCUT2D eigenvalue weighted by Crippen LogP contribution is -2.37. The van der Waals surface area contributed by atoms with Gasteiger partial charge in [0.05, 0.1) is 11.9 Å². The molecule has 3 aromatic rings. The summed E-state index contributed by atoms with van der Waals surface area (Å²) in [5.74, 6) is 0.272. The highest BCUT2D eigenvalue weighted by molar-refractivity contribution is 6.01. The van der Waals surface area contributed by atoms with E-state index in [0.29, 0.717) is 18.7 Å². The number of hydrogen-bond acceptors (Lipinski definition) is 3. The quantitative estimate of drug-likeness (QED) is 0.751. The van der Waals surface area contributed by atoms with Crippen LogP contribution in [0.5, 0.6) is 0 Å². The van der Waals surface area contributed by atoms with Gasteiger partial charge < -0.3 is 10.6 Å². The molecule has 0 spiro atoms. The van der Waals surface area contributed by atoms with Gasteiger partial charge in [-0.15, -0.1) is 0 Å². The first-order valence-corrected chi connectivity index (χ1v) is 8.92. The zero-order valence-electron chi connectivity index (χ0n) is 15.0.